The van der Waals surface area contributed by atoms with Crippen molar-refractivity contribution in [3.05, 3.63) is 59.7 Å². The van der Waals surface area contributed by atoms with Gasteiger partial charge in [-0.25, -0.2) is 0 Å². The van der Waals surface area contributed by atoms with E-state index in [1.165, 1.54) is 12.1 Å². The number of carbonyl (C=O) groups is 1. The third kappa shape index (κ3) is 3.16. The first-order chi connectivity index (χ1) is 9.61. The van der Waals surface area contributed by atoms with Crippen LogP contribution in [-0.2, 0) is 0 Å². The molecule has 2 aromatic rings. The van der Waals surface area contributed by atoms with Crippen molar-refractivity contribution >= 4 is 5.78 Å². The highest BCUT2D eigenvalue weighted by Crippen LogP contribution is 2.26. The van der Waals surface area contributed by atoms with Crippen molar-refractivity contribution in [1.29, 1.82) is 0 Å². The van der Waals surface area contributed by atoms with E-state index in [-0.39, 0.29) is 29.8 Å². The number of rotatable bonds is 5. The van der Waals surface area contributed by atoms with Crippen LogP contribution in [0, 0.1) is 0 Å². The Bertz CT molecular complexity index is 593. The molecule has 2 N–H and O–H groups in total. The van der Waals surface area contributed by atoms with Crippen LogP contribution in [0.3, 0.4) is 0 Å². The number of hydrogen-bond acceptors (Lipinski definition) is 4. The summed E-state index contributed by atoms with van der Waals surface area (Å²) in [6.07, 6.45) is -0.370. The lowest BCUT2D eigenvalue weighted by Gasteiger charge is -2.13. The van der Waals surface area contributed by atoms with Crippen LogP contribution in [0.25, 0.3) is 0 Å². The van der Waals surface area contributed by atoms with Gasteiger partial charge >= 0.3 is 0 Å². The second-order valence-corrected chi connectivity index (χ2v) is 4.49. The van der Waals surface area contributed by atoms with E-state index in [0.29, 0.717) is 11.3 Å². The molecule has 0 fully saturated rings. The van der Waals surface area contributed by atoms with Crippen molar-refractivity contribution in [2.45, 2.75) is 13.0 Å². The summed E-state index contributed by atoms with van der Waals surface area (Å²) in [5.41, 5.74) is 0.736. The van der Waals surface area contributed by atoms with E-state index in [2.05, 4.69) is 0 Å². The molecule has 0 aliphatic rings. The van der Waals surface area contributed by atoms with Crippen LogP contribution >= 0.6 is 0 Å². The van der Waals surface area contributed by atoms with Gasteiger partial charge in [0, 0.05) is 11.6 Å². The fourth-order valence-corrected chi connectivity index (χ4v) is 1.79. The third-order valence-electron chi connectivity index (χ3n) is 2.84. The molecule has 4 nitrogen and oxygen atoms in total. The number of phenols is 1. The second kappa shape index (κ2) is 6.21. The maximum absolute atomic E-state index is 12.2. The van der Waals surface area contributed by atoms with Crippen LogP contribution in [0.1, 0.15) is 22.8 Å². The Morgan fingerprint density at radius 3 is 2.50 bits per heavy atom. The van der Waals surface area contributed by atoms with E-state index in [9.17, 15) is 9.90 Å². The van der Waals surface area contributed by atoms with Crippen molar-refractivity contribution in [2.75, 3.05) is 6.61 Å². The average molecular weight is 272 g/mol. The van der Waals surface area contributed by atoms with Gasteiger partial charge in [0.2, 0.25) is 0 Å². The van der Waals surface area contributed by atoms with Crippen molar-refractivity contribution in [3.8, 4) is 11.5 Å². The molecule has 4 heteroatoms. The van der Waals surface area contributed by atoms with Gasteiger partial charge in [-0.15, -0.1) is 0 Å². The molecular weight excluding hydrogens is 256 g/mol. The minimum Gasteiger partial charge on any atom is -0.507 e. The van der Waals surface area contributed by atoms with Crippen LogP contribution in [0.5, 0.6) is 11.5 Å². The first-order valence-electron chi connectivity index (χ1n) is 6.32. The summed E-state index contributed by atoms with van der Waals surface area (Å²) < 4.78 is 5.36. The first kappa shape index (κ1) is 14.1. The quantitative estimate of drug-likeness (QED) is 0.820. The van der Waals surface area contributed by atoms with Crippen molar-refractivity contribution in [2.24, 2.45) is 0 Å². The Hall–Kier alpha value is -2.33. The standard InChI is InChI=1S/C16H16O4/c1-11(10-17)20-13-7-8-14(15(18)9-13)16(19)12-5-3-2-4-6-12/h2-9,11,17-18H,10H2,1H3. The zero-order chi connectivity index (χ0) is 14.5. The van der Waals surface area contributed by atoms with Crippen LogP contribution in [0.4, 0.5) is 0 Å². The zero-order valence-electron chi connectivity index (χ0n) is 11.1. The van der Waals surface area contributed by atoms with Gasteiger partial charge in [0.25, 0.3) is 0 Å². The Labute approximate surface area is 117 Å². The van der Waals surface area contributed by atoms with Gasteiger partial charge in [-0.2, -0.15) is 0 Å². The number of aliphatic hydroxyl groups is 1. The molecule has 0 saturated heterocycles. The summed E-state index contributed by atoms with van der Waals surface area (Å²) in [4.78, 5) is 12.2. The monoisotopic (exact) mass is 272 g/mol. The van der Waals surface area contributed by atoms with E-state index in [1.807, 2.05) is 6.07 Å². The number of hydrogen-bond donors (Lipinski definition) is 2. The Morgan fingerprint density at radius 1 is 1.20 bits per heavy atom. The van der Waals surface area contributed by atoms with Crippen LogP contribution in [-0.4, -0.2) is 28.7 Å². The normalized spacial score (nSPS) is 11.9. The minimum atomic E-state index is -0.370. The van der Waals surface area contributed by atoms with Crippen LogP contribution < -0.4 is 4.74 Å². The topological polar surface area (TPSA) is 66.8 Å². The molecule has 20 heavy (non-hydrogen) atoms. The average Bonchev–Trinajstić information content (AvgIpc) is 2.47. The highest BCUT2D eigenvalue weighted by Gasteiger charge is 2.14. The number of phenolic OH excluding ortho intramolecular Hbond substituents is 1. The number of benzene rings is 2. The lowest BCUT2D eigenvalue weighted by Crippen LogP contribution is -2.16. The molecule has 0 saturated carbocycles. The number of carbonyl (C=O) groups excluding carboxylic acids is 1. The second-order valence-electron chi connectivity index (χ2n) is 4.49. The molecule has 0 radical (unpaired) electrons. The summed E-state index contributed by atoms with van der Waals surface area (Å²) in [7, 11) is 0. The minimum absolute atomic E-state index is 0.120. The molecule has 0 aromatic heterocycles. The number of ether oxygens (including phenoxy) is 1. The fourth-order valence-electron chi connectivity index (χ4n) is 1.79. The fraction of sp³-hybridized carbons (Fsp3) is 0.188. The number of aliphatic hydroxyl groups excluding tert-OH is 1. The van der Waals surface area contributed by atoms with Gasteiger partial charge in [-0.3, -0.25) is 4.79 Å². The maximum Gasteiger partial charge on any atom is 0.196 e. The predicted octanol–water partition coefficient (Wildman–Crippen LogP) is 2.38. The number of aromatic hydroxyl groups is 1. The third-order valence-corrected chi connectivity index (χ3v) is 2.84. The molecule has 0 aliphatic carbocycles. The van der Waals surface area contributed by atoms with Gasteiger partial charge in [0.05, 0.1) is 12.2 Å². The molecule has 104 valence electrons. The Balaban J connectivity index is 2.24. The summed E-state index contributed by atoms with van der Waals surface area (Å²) >= 11 is 0. The highest BCUT2D eigenvalue weighted by atomic mass is 16.5. The Kier molecular flexibility index (Phi) is 4.38. The molecule has 1 atom stereocenters. The summed E-state index contributed by atoms with van der Waals surface area (Å²) in [6, 6.07) is 13.2. The first-order valence-corrected chi connectivity index (χ1v) is 6.32. The van der Waals surface area contributed by atoms with Crippen molar-refractivity contribution < 1.29 is 19.7 Å². The highest BCUT2D eigenvalue weighted by molar-refractivity contribution is 6.10. The van der Waals surface area contributed by atoms with Gasteiger partial charge in [-0.1, -0.05) is 30.3 Å². The molecule has 1 unspecified atom stereocenters. The smallest absolute Gasteiger partial charge is 0.196 e. The molecule has 0 spiro atoms. The molecule has 2 aromatic carbocycles. The zero-order valence-corrected chi connectivity index (χ0v) is 11.1. The molecule has 0 bridgehead atoms. The lowest BCUT2D eigenvalue weighted by atomic mass is 10.0. The largest absolute Gasteiger partial charge is 0.507 e. The van der Waals surface area contributed by atoms with Gasteiger partial charge in [0.1, 0.15) is 17.6 Å². The van der Waals surface area contributed by atoms with Crippen LogP contribution in [0.15, 0.2) is 48.5 Å². The summed E-state index contributed by atoms with van der Waals surface area (Å²) in [6.45, 7) is 1.59. The molecule has 0 aliphatic heterocycles. The lowest BCUT2D eigenvalue weighted by molar-refractivity contribution is 0.103. The number of ketones is 1. The SMILES string of the molecule is CC(CO)Oc1ccc(C(=O)c2ccccc2)c(O)c1. The summed E-state index contributed by atoms with van der Waals surface area (Å²) in [5, 5.41) is 18.9. The molecule has 0 heterocycles. The molecule has 2 rings (SSSR count). The van der Waals surface area contributed by atoms with Crippen molar-refractivity contribution in [3.63, 3.8) is 0 Å². The predicted molar refractivity (Wildman–Crippen MR) is 75.2 cm³/mol. The van der Waals surface area contributed by atoms with Gasteiger partial charge < -0.3 is 14.9 Å². The van der Waals surface area contributed by atoms with E-state index < -0.39 is 0 Å². The Morgan fingerprint density at radius 2 is 1.90 bits per heavy atom. The molecule has 0 amide bonds. The van der Waals surface area contributed by atoms with Gasteiger partial charge in [-0.05, 0) is 19.1 Å². The van der Waals surface area contributed by atoms with Crippen molar-refractivity contribution in [1.82, 2.24) is 0 Å². The van der Waals surface area contributed by atoms with E-state index in [0.717, 1.165) is 0 Å². The molecular formula is C16H16O4. The van der Waals surface area contributed by atoms with E-state index >= 15 is 0 Å². The van der Waals surface area contributed by atoms with E-state index in [4.69, 9.17) is 9.84 Å². The van der Waals surface area contributed by atoms with Gasteiger partial charge in [0.15, 0.2) is 5.78 Å². The summed E-state index contributed by atoms with van der Waals surface area (Å²) in [5.74, 6) is 0.0278. The maximum atomic E-state index is 12.2. The van der Waals surface area contributed by atoms with E-state index in [1.54, 1.807) is 37.3 Å². The van der Waals surface area contributed by atoms with Crippen LogP contribution in [0.2, 0.25) is 0 Å².